The van der Waals surface area contributed by atoms with Crippen LogP contribution >= 0.6 is 0 Å². The second-order valence-corrected chi connectivity index (χ2v) is 6.01. The smallest absolute Gasteiger partial charge is 0.190 e. The second kappa shape index (κ2) is 12.8. The van der Waals surface area contributed by atoms with Gasteiger partial charge in [-0.05, 0) is 31.2 Å². The van der Waals surface area contributed by atoms with Gasteiger partial charge in [0.1, 0.15) is 0 Å². The zero-order valence-corrected chi connectivity index (χ0v) is 15.6. The summed E-state index contributed by atoms with van der Waals surface area (Å²) in [6.07, 6.45) is 2.09. The summed E-state index contributed by atoms with van der Waals surface area (Å²) in [4.78, 5) is 4.28. The van der Waals surface area contributed by atoms with Gasteiger partial charge in [-0.2, -0.15) is 0 Å². The standard InChI is InChI=1S/C19H33N3O2/c1-16-8-7-9-18(14-16)17(2)15-22-19(20-3)21-10-5-6-11-24-13-12-23-4/h7-9,14,17H,5-6,10-13,15H2,1-4H3,(H2,20,21,22). The number of aryl methyl sites for hydroxylation is 1. The molecular weight excluding hydrogens is 302 g/mol. The number of hydrogen-bond acceptors (Lipinski definition) is 3. The molecule has 2 N–H and O–H groups in total. The number of unbranched alkanes of at least 4 members (excludes halogenated alkanes) is 1. The van der Waals surface area contributed by atoms with Gasteiger partial charge in [0.15, 0.2) is 5.96 Å². The molecular formula is C19H33N3O2. The van der Waals surface area contributed by atoms with Crippen LogP contribution in [0.3, 0.4) is 0 Å². The van der Waals surface area contributed by atoms with E-state index >= 15 is 0 Å². The molecule has 1 aromatic carbocycles. The van der Waals surface area contributed by atoms with E-state index in [1.54, 1.807) is 14.2 Å². The Balaban J connectivity index is 2.16. The van der Waals surface area contributed by atoms with Crippen molar-refractivity contribution in [3.63, 3.8) is 0 Å². The number of guanidine groups is 1. The van der Waals surface area contributed by atoms with Crippen LogP contribution in [0, 0.1) is 6.92 Å². The van der Waals surface area contributed by atoms with Crippen molar-refractivity contribution in [3.05, 3.63) is 35.4 Å². The number of hydrogen-bond donors (Lipinski definition) is 2. The van der Waals surface area contributed by atoms with E-state index in [0.717, 1.165) is 38.5 Å². The monoisotopic (exact) mass is 335 g/mol. The predicted octanol–water partition coefficient (Wildman–Crippen LogP) is 2.71. The molecule has 136 valence electrons. The molecule has 0 saturated heterocycles. The van der Waals surface area contributed by atoms with E-state index < -0.39 is 0 Å². The van der Waals surface area contributed by atoms with Crippen molar-refractivity contribution in [1.29, 1.82) is 0 Å². The fraction of sp³-hybridized carbons (Fsp3) is 0.632. The maximum absolute atomic E-state index is 5.45. The Hall–Kier alpha value is -1.59. The largest absolute Gasteiger partial charge is 0.382 e. The molecule has 0 spiro atoms. The summed E-state index contributed by atoms with van der Waals surface area (Å²) in [6.45, 7) is 8.23. The highest BCUT2D eigenvalue weighted by Crippen LogP contribution is 2.15. The molecule has 24 heavy (non-hydrogen) atoms. The van der Waals surface area contributed by atoms with Gasteiger partial charge in [0.2, 0.25) is 0 Å². The van der Waals surface area contributed by atoms with E-state index in [1.807, 2.05) is 0 Å². The fourth-order valence-electron chi connectivity index (χ4n) is 2.35. The van der Waals surface area contributed by atoms with E-state index in [4.69, 9.17) is 9.47 Å². The minimum absolute atomic E-state index is 0.442. The quantitative estimate of drug-likeness (QED) is 0.371. The van der Waals surface area contributed by atoms with Crippen LogP contribution in [0.4, 0.5) is 0 Å². The van der Waals surface area contributed by atoms with Gasteiger partial charge in [0.25, 0.3) is 0 Å². The van der Waals surface area contributed by atoms with Crippen molar-refractivity contribution in [2.24, 2.45) is 4.99 Å². The summed E-state index contributed by atoms with van der Waals surface area (Å²) in [6, 6.07) is 8.66. The predicted molar refractivity (Wildman–Crippen MR) is 101 cm³/mol. The summed E-state index contributed by atoms with van der Waals surface area (Å²) < 4.78 is 10.4. The normalized spacial score (nSPS) is 12.9. The average molecular weight is 335 g/mol. The molecule has 5 nitrogen and oxygen atoms in total. The van der Waals surface area contributed by atoms with Crippen LogP contribution in [0.2, 0.25) is 0 Å². The molecule has 0 aliphatic carbocycles. The molecule has 0 aliphatic heterocycles. The molecule has 0 heterocycles. The molecule has 0 amide bonds. The number of benzene rings is 1. The third-order valence-corrected chi connectivity index (χ3v) is 3.85. The van der Waals surface area contributed by atoms with Crippen molar-refractivity contribution in [2.75, 3.05) is 47.1 Å². The summed E-state index contributed by atoms with van der Waals surface area (Å²) >= 11 is 0. The third kappa shape index (κ3) is 8.89. The van der Waals surface area contributed by atoms with E-state index in [2.05, 4.69) is 53.7 Å². The van der Waals surface area contributed by atoms with Crippen LogP contribution in [0.15, 0.2) is 29.3 Å². The average Bonchev–Trinajstić information content (AvgIpc) is 2.59. The number of nitrogens with one attached hydrogen (secondary N) is 2. The van der Waals surface area contributed by atoms with E-state index in [0.29, 0.717) is 19.1 Å². The van der Waals surface area contributed by atoms with Gasteiger partial charge >= 0.3 is 0 Å². The lowest BCUT2D eigenvalue weighted by atomic mass is 9.99. The first kappa shape index (κ1) is 20.5. The van der Waals surface area contributed by atoms with E-state index in [-0.39, 0.29) is 0 Å². The lowest BCUT2D eigenvalue weighted by Crippen LogP contribution is -2.39. The molecule has 1 rings (SSSR count). The first-order chi connectivity index (χ1) is 11.7. The van der Waals surface area contributed by atoms with Gasteiger partial charge in [-0.1, -0.05) is 36.8 Å². The molecule has 1 atom stereocenters. The Bertz CT molecular complexity index is 477. The van der Waals surface area contributed by atoms with Crippen molar-refractivity contribution in [2.45, 2.75) is 32.6 Å². The highest BCUT2D eigenvalue weighted by atomic mass is 16.5. The molecule has 0 radical (unpaired) electrons. The maximum Gasteiger partial charge on any atom is 0.190 e. The van der Waals surface area contributed by atoms with Crippen LogP contribution in [0.25, 0.3) is 0 Å². The van der Waals surface area contributed by atoms with Crippen molar-refractivity contribution in [3.8, 4) is 0 Å². The molecule has 0 bridgehead atoms. The van der Waals surface area contributed by atoms with Crippen molar-refractivity contribution in [1.82, 2.24) is 10.6 Å². The maximum atomic E-state index is 5.45. The first-order valence-electron chi connectivity index (χ1n) is 8.75. The Labute approximate surface area is 146 Å². The fourth-order valence-corrected chi connectivity index (χ4v) is 2.35. The first-order valence-corrected chi connectivity index (χ1v) is 8.75. The topological polar surface area (TPSA) is 54.9 Å². The van der Waals surface area contributed by atoms with Gasteiger partial charge in [0, 0.05) is 33.9 Å². The molecule has 0 aromatic heterocycles. The summed E-state index contributed by atoms with van der Waals surface area (Å²) in [5, 5.41) is 6.75. The van der Waals surface area contributed by atoms with Crippen LogP contribution in [-0.2, 0) is 9.47 Å². The van der Waals surface area contributed by atoms with Crippen molar-refractivity contribution >= 4 is 5.96 Å². The van der Waals surface area contributed by atoms with Crippen LogP contribution in [0.1, 0.15) is 36.8 Å². The highest BCUT2D eigenvalue weighted by molar-refractivity contribution is 5.79. The van der Waals surface area contributed by atoms with Gasteiger partial charge < -0.3 is 20.1 Å². The summed E-state index contributed by atoms with van der Waals surface area (Å²) in [5.41, 5.74) is 2.65. The van der Waals surface area contributed by atoms with Crippen LogP contribution < -0.4 is 10.6 Å². The number of aliphatic imine (C=N–C) groups is 1. The number of ether oxygens (including phenoxy) is 2. The Morgan fingerprint density at radius 2 is 2.00 bits per heavy atom. The van der Waals surface area contributed by atoms with Gasteiger partial charge in [0.05, 0.1) is 13.2 Å². The third-order valence-electron chi connectivity index (χ3n) is 3.85. The second-order valence-electron chi connectivity index (χ2n) is 6.01. The zero-order chi connectivity index (χ0) is 17.6. The number of nitrogens with zero attached hydrogens (tertiary/aromatic N) is 1. The number of methoxy groups -OCH3 is 1. The Morgan fingerprint density at radius 1 is 1.17 bits per heavy atom. The van der Waals surface area contributed by atoms with Crippen LogP contribution in [0.5, 0.6) is 0 Å². The highest BCUT2D eigenvalue weighted by Gasteiger charge is 2.06. The Kier molecular flexibility index (Phi) is 10.9. The minimum Gasteiger partial charge on any atom is -0.382 e. The van der Waals surface area contributed by atoms with Crippen LogP contribution in [-0.4, -0.2) is 53.0 Å². The number of rotatable bonds is 11. The SMILES string of the molecule is CN=C(NCCCCOCCOC)NCC(C)c1cccc(C)c1. The van der Waals surface area contributed by atoms with E-state index in [1.165, 1.54) is 11.1 Å². The molecule has 0 saturated carbocycles. The van der Waals surface area contributed by atoms with Gasteiger partial charge in [-0.15, -0.1) is 0 Å². The van der Waals surface area contributed by atoms with Crippen molar-refractivity contribution < 1.29 is 9.47 Å². The lowest BCUT2D eigenvalue weighted by Gasteiger charge is -2.16. The lowest BCUT2D eigenvalue weighted by molar-refractivity contribution is 0.0689. The molecule has 0 aliphatic rings. The molecule has 5 heteroatoms. The van der Waals surface area contributed by atoms with Gasteiger partial charge in [-0.3, -0.25) is 4.99 Å². The molecule has 1 unspecified atom stereocenters. The summed E-state index contributed by atoms with van der Waals surface area (Å²) in [5.74, 6) is 1.30. The Morgan fingerprint density at radius 3 is 2.71 bits per heavy atom. The minimum atomic E-state index is 0.442. The molecule has 0 fully saturated rings. The zero-order valence-electron chi connectivity index (χ0n) is 15.6. The van der Waals surface area contributed by atoms with E-state index in [9.17, 15) is 0 Å². The molecule has 1 aromatic rings. The van der Waals surface area contributed by atoms with Gasteiger partial charge in [-0.25, -0.2) is 0 Å². The summed E-state index contributed by atoms with van der Waals surface area (Å²) in [7, 11) is 3.49.